The largest absolute Gasteiger partial charge is 0.491 e. The van der Waals surface area contributed by atoms with Gasteiger partial charge >= 0.3 is 0 Å². The molecule has 1 fully saturated rings. The summed E-state index contributed by atoms with van der Waals surface area (Å²) in [5.74, 6) is -0.533. The van der Waals surface area contributed by atoms with Gasteiger partial charge in [0.1, 0.15) is 12.4 Å². The Labute approximate surface area is 178 Å². The van der Waals surface area contributed by atoms with Gasteiger partial charge in [0.2, 0.25) is 5.82 Å². The number of hydrogen-bond acceptors (Lipinski definition) is 3. The van der Waals surface area contributed by atoms with Crippen LogP contribution < -0.4 is 9.47 Å². The van der Waals surface area contributed by atoms with Crippen molar-refractivity contribution in [1.82, 2.24) is 0 Å². The van der Waals surface area contributed by atoms with Crippen LogP contribution in [0, 0.1) is 17.6 Å². The molecular weight excluding hydrogens is 386 g/mol. The van der Waals surface area contributed by atoms with Crippen molar-refractivity contribution in [2.75, 3.05) is 19.8 Å². The van der Waals surface area contributed by atoms with Crippen LogP contribution in [-0.2, 0) is 4.74 Å². The van der Waals surface area contributed by atoms with Crippen LogP contribution in [0.3, 0.4) is 0 Å². The third kappa shape index (κ3) is 5.94. The molecule has 3 nitrogen and oxygen atoms in total. The summed E-state index contributed by atoms with van der Waals surface area (Å²) in [6.45, 7) is 5.80. The van der Waals surface area contributed by atoms with Gasteiger partial charge in [-0.3, -0.25) is 0 Å². The van der Waals surface area contributed by atoms with Gasteiger partial charge in [0.25, 0.3) is 0 Å². The third-order valence-corrected chi connectivity index (χ3v) is 5.54. The van der Waals surface area contributed by atoms with Crippen molar-refractivity contribution in [2.24, 2.45) is 5.92 Å². The van der Waals surface area contributed by atoms with Crippen molar-refractivity contribution < 1.29 is 23.0 Å². The molecule has 0 amide bonds. The average Bonchev–Trinajstić information content (AvgIpc) is 2.78. The SMILES string of the molecule is CCCCC1CCC(COc2ccc(-c3ccc(OCCC)c(F)c3F)cc2)OC1. The standard InChI is InChI=1S/C25H32F2O3/c1-3-5-6-18-7-10-21(29-16-18)17-30-20-11-8-19(9-12-20)22-13-14-23(28-15-4-2)25(27)24(22)26/h8-9,11-14,18,21H,3-7,10,15-17H2,1-2H3. The Kier molecular flexibility index (Phi) is 8.50. The molecule has 1 aliphatic heterocycles. The Morgan fingerprint density at radius 2 is 1.73 bits per heavy atom. The Hall–Kier alpha value is -2.14. The van der Waals surface area contributed by atoms with E-state index >= 15 is 0 Å². The van der Waals surface area contributed by atoms with Crippen LogP contribution in [-0.4, -0.2) is 25.9 Å². The molecule has 1 heterocycles. The molecule has 0 bridgehead atoms. The molecule has 5 heteroatoms. The zero-order valence-electron chi connectivity index (χ0n) is 18.0. The lowest BCUT2D eigenvalue weighted by molar-refractivity contribution is -0.0393. The topological polar surface area (TPSA) is 27.7 Å². The fraction of sp³-hybridized carbons (Fsp3) is 0.520. The molecule has 2 aromatic carbocycles. The number of benzene rings is 2. The quantitative estimate of drug-likeness (QED) is 0.425. The van der Waals surface area contributed by atoms with Gasteiger partial charge in [-0.15, -0.1) is 0 Å². The molecule has 1 aliphatic rings. The highest BCUT2D eigenvalue weighted by Crippen LogP contribution is 2.31. The summed E-state index contributed by atoms with van der Waals surface area (Å²) in [7, 11) is 0. The molecule has 3 rings (SSSR count). The van der Waals surface area contributed by atoms with Crippen LogP contribution in [0.15, 0.2) is 36.4 Å². The molecule has 30 heavy (non-hydrogen) atoms. The zero-order chi connectivity index (χ0) is 21.3. The first-order valence-corrected chi connectivity index (χ1v) is 11.1. The lowest BCUT2D eigenvalue weighted by atomic mass is 9.94. The fourth-order valence-electron chi connectivity index (χ4n) is 3.71. The van der Waals surface area contributed by atoms with E-state index in [1.54, 1.807) is 30.3 Å². The summed E-state index contributed by atoms with van der Waals surface area (Å²) < 4.78 is 45.8. The highest BCUT2D eigenvalue weighted by atomic mass is 19.2. The van der Waals surface area contributed by atoms with Gasteiger partial charge in [-0.25, -0.2) is 4.39 Å². The van der Waals surface area contributed by atoms with Gasteiger partial charge in [-0.2, -0.15) is 4.39 Å². The van der Waals surface area contributed by atoms with Crippen molar-refractivity contribution in [3.63, 3.8) is 0 Å². The monoisotopic (exact) mass is 418 g/mol. The molecule has 0 aromatic heterocycles. The first kappa shape index (κ1) is 22.5. The minimum atomic E-state index is -0.951. The lowest BCUT2D eigenvalue weighted by Crippen LogP contribution is -2.30. The van der Waals surface area contributed by atoms with Crippen molar-refractivity contribution in [3.05, 3.63) is 48.0 Å². The molecular formula is C25H32F2O3. The molecule has 164 valence electrons. The summed E-state index contributed by atoms with van der Waals surface area (Å²) in [6, 6.07) is 10.1. The van der Waals surface area contributed by atoms with E-state index in [0.29, 0.717) is 30.4 Å². The Bertz CT molecular complexity index is 784. The van der Waals surface area contributed by atoms with Crippen LogP contribution in [0.2, 0.25) is 0 Å². The van der Waals surface area contributed by atoms with E-state index in [1.165, 1.54) is 31.7 Å². The van der Waals surface area contributed by atoms with Crippen LogP contribution in [0.1, 0.15) is 52.4 Å². The summed E-state index contributed by atoms with van der Waals surface area (Å²) in [4.78, 5) is 0. The van der Waals surface area contributed by atoms with E-state index in [2.05, 4.69) is 6.92 Å². The smallest absolute Gasteiger partial charge is 0.201 e. The van der Waals surface area contributed by atoms with Crippen LogP contribution in [0.5, 0.6) is 11.5 Å². The van der Waals surface area contributed by atoms with Crippen molar-refractivity contribution in [3.8, 4) is 22.6 Å². The predicted molar refractivity (Wildman–Crippen MR) is 115 cm³/mol. The maximum atomic E-state index is 14.5. The number of hydrogen-bond donors (Lipinski definition) is 0. The van der Waals surface area contributed by atoms with Gasteiger partial charge in [-0.05, 0) is 61.4 Å². The summed E-state index contributed by atoms with van der Waals surface area (Å²) in [5, 5.41) is 0. The molecule has 1 saturated heterocycles. The van der Waals surface area contributed by atoms with Gasteiger partial charge < -0.3 is 14.2 Å². The lowest BCUT2D eigenvalue weighted by Gasteiger charge is -2.29. The highest BCUT2D eigenvalue weighted by Gasteiger charge is 2.22. The van der Waals surface area contributed by atoms with E-state index in [-0.39, 0.29) is 17.4 Å². The highest BCUT2D eigenvalue weighted by molar-refractivity contribution is 5.66. The van der Waals surface area contributed by atoms with Gasteiger partial charge in [0.05, 0.1) is 12.7 Å². The second-order valence-corrected chi connectivity index (χ2v) is 7.96. The summed E-state index contributed by atoms with van der Waals surface area (Å²) in [6.07, 6.45) is 6.79. The van der Waals surface area contributed by atoms with Gasteiger partial charge in [0.15, 0.2) is 11.6 Å². The van der Waals surface area contributed by atoms with Crippen LogP contribution in [0.25, 0.3) is 11.1 Å². The molecule has 0 N–H and O–H groups in total. The van der Waals surface area contributed by atoms with Crippen LogP contribution >= 0.6 is 0 Å². The maximum absolute atomic E-state index is 14.5. The second kappa shape index (κ2) is 11.3. The average molecular weight is 419 g/mol. The van der Waals surface area contributed by atoms with E-state index in [4.69, 9.17) is 14.2 Å². The molecule has 0 radical (unpaired) electrons. The molecule has 0 spiro atoms. The molecule has 2 unspecified atom stereocenters. The number of rotatable bonds is 10. The van der Waals surface area contributed by atoms with Crippen molar-refractivity contribution in [2.45, 2.75) is 58.5 Å². The Morgan fingerprint density at radius 1 is 0.933 bits per heavy atom. The second-order valence-electron chi connectivity index (χ2n) is 7.96. The van der Waals surface area contributed by atoms with E-state index in [9.17, 15) is 8.78 Å². The zero-order valence-corrected chi connectivity index (χ0v) is 18.0. The van der Waals surface area contributed by atoms with E-state index in [1.807, 2.05) is 6.92 Å². The summed E-state index contributed by atoms with van der Waals surface area (Å²) >= 11 is 0. The van der Waals surface area contributed by atoms with E-state index < -0.39 is 11.6 Å². The Balaban J connectivity index is 1.54. The minimum absolute atomic E-state index is 0.0533. The third-order valence-electron chi connectivity index (χ3n) is 5.54. The molecule has 2 aromatic rings. The van der Waals surface area contributed by atoms with Crippen molar-refractivity contribution in [1.29, 1.82) is 0 Å². The van der Waals surface area contributed by atoms with Crippen molar-refractivity contribution >= 4 is 0 Å². The Morgan fingerprint density at radius 3 is 2.40 bits per heavy atom. The first-order chi connectivity index (χ1) is 14.6. The molecule has 0 aliphatic carbocycles. The number of halogens is 2. The molecule has 2 atom stereocenters. The van der Waals surface area contributed by atoms with Gasteiger partial charge in [-0.1, -0.05) is 38.8 Å². The van der Waals surface area contributed by atoms with Gasteiger partial charge in [0, 0.05) is 12.2 Å². The maximum Gasteiger partial charge on any atom is 0.201 e. The number of unbranched alkanes of at least 4 members (excludes halogenated alkanes) is 1. The molecule has 0 saturated carbocycles. The summed E-state index contributed by atoms with van der Waals surface area (Å²) in [5.41, 5.74) is 0.796. The van der Waals surface area contributed by atoms with E-state index in [0.717, 1.165) is 19.4 Å². The predicted octanol–water partition coefficient (Wildman–Crippen LogP) is 6.78. The van der Waals surface area contributed by atoms with Crippen LogP contribution in [0.4, 0.5) is 8.78 Å². The minimum Gasteiger partial charge on any atom is -0.491 e. The normalized spacial score (nSPS) is 18.9. The number of ether oxygens (including phenoxy) is 3. The fourth-order valence-corrected chi connectivity index (χ4v) is 3.71. The first-order valence-electron chi connectivity index (χ1n) is 11.1.